The van der Waals surface area contributed by atoms with Crippen LogP contribution in [0.1, 0.15) is 239 Å². The zero-order chi connectivity index (χ0) is 43.0. The molecular weight excluding hydrogens is 733 g/mol. The Labute approximate surface area is 364 Å². The molecule has 0 aromatic carbocycles. The van der Waals surface area contributed by atoms with Crippen LogP contribution in [0.3, 0.4) is 0 Å². The van der Waals surface area contributed by atoms with Gasteiger partial charge in [-0.2, -0.15) is 0 Å². The lowest BCUT2D eigenvalue weighted by atomic mass is 10.1. The Morgan fingerprint density at radius 3 is 1.10 bits per heavy atom. The lowest BCUT2D eigenvalue weighted by Crippen LogP contribution is -2.30. The third kappa shape index (κ3) is 46.0. The molecule has 0 heterocycles. The zero-order valence-corrected chi connectivity index (χ0v) is 38.8. The van der Waals surface area contributed by atoms with Crippen LogP contribution in [0.4, 0.5) is 0 Å². The van der Waals surface area contributed by atoms with Crippen LogP contribution < -0.4 is 0 Å². The van der Waals surface area contributed by atoms with Gasteiger partial charge in [0.2, 0.25) is 0 Å². The van der Waals surface area contributed by atoms with Gasteiger partial charge < -0.3 is 14.2 Å². The maximum Gasteiger partial charge on any atom is 0.306 e. The van der Waals surface area contributed by atoms with Gasteiger partial charge in [0.15, 0.2) is 6.10 Å². The second-order valence-electron chi connectivity index (χ2n) is 16.3. The van der Waals surface area contributed by atoms with Gasteiger partial charge in [0, 0.05) is 19.3 Å². The van der Waals surface area contributed by atoms with Gasteiger partial charge in [-0.15, -0.1) is 0 Å². The number of unbranched alkanes of at least 4 members (excludes halogenated alkanes) is 23. The molecule has 0 aliphatic carbocycles. The van der Waals surface area contributed by atoms with Crippen LogP contribution in [0.5, 0.6) is 0 Å². The summed E-state index contributed by atoms with van der Waals surface area (Å²) in [6.07, 6.45) is 57.8. The molecule has 6 heteroatoms. The highest BCUT2D eigenvalue weighted by Gasteiger charge is 2.19. The number of hydrogen-bond donors (Lipinski definition) is 0. The monoisotopic (exact) mass is 825 g/mol. The predicted molar refractivity (Wildman–Crippen MR) is 251 cm³/mol. The fourth-order valence-corrected chi connectivity index (χ4v) is 6.73. The highest BCUT2D eigenvalue weighted by Crippen LogP contribution is 2.14. The van der Waals surface area contributed by atoms with E-state index in [4.69, 9.17) is 14.2 Å². The van der Waals surface area contributed by atoms with Gasteiger partial charge in [-0.25, -0.2) is 0 Å². The van der Waals surface area contributed by atoms with Crippen molar-refractivity contribution >= 4 is 17.9 Å². The molecule has 0 rings (SSSR count). The number of esters is 3. The van der Waals surface area contributed by atoms with Crippen LogP contribution in [0, 0.1) is 0 Å². The molecule has 0 aliphatic rings. The Kier molecular flexibility index (Phi) is 45.4. The third-order valence-electron chi connectivity index (χ3n) is 10.5. The van der Waals surface area contributed by atoms with Crippen molar-refractivity contribution in [2.24, 2.45) is 0 Å². The Bertz CT molecular complexity index is 1090. The maximum atomic E-state index is 12.7. The average Bonchev–Trinajstić information content (AvgIpc) is 3.23. The Morgan fingerprint density at radius 1 is 0.356 bits per heavy atom. The molecule has 59 heavy (non-hydrogen) atoms. The molecule has 0 bridgehead atoms. The smallest absolute Gasteiger partial charge is 0.306 e. The van der Waals surface area contributed by atoms with E-state index in [9.17, 15) is 14.4 Å². The zero-order valence-electron chi connectivity index (χ0n) is 38.8. The lowest BCUT2D eigenvalue weighted by molar-refractivity contribution is -0.167. The molecule has 1 atom stereocenters. The molecule has 0 spiro atoms. The minimum Gasteiger partial charge on any atom is -0.462 e. The largest absolute Gasteiger partial charge is 0.462 e. The normalized spacial score (nSPS) is 12.5. The minimum absolute atomic E-state index is 0.0840. The van der Waals surface area contributed by atoms with Gasteiger partial charge in [0.25, 0.3) is 0 Å². The molecule has 0 aromatic heterocycles. The summed E-state index contributed by atoms with van der Waals surface area (Å²) < 4.78 is 16.7. The van der Waals surface area contributed by atoms with Gasteiger partial charge >= 0.3 is 17.9 Å². The fourth-order valence-electron chi connectivity index (χ4n) is 6.73. The highest BCUT2D eigenvalue weighted by atomic mass is 16.6. The van der Waals surface area contributed by atoms with Gasteiger partial charge in [-0.05, 0) is 96.3 Å². The Hall–Kier alpha value is -2.89. The first kappa shape index (κ1) is 56.1. The van der Waals surface area contributed by atoms with Crippen molar-refractivity contribution in [2.45, 2.75) is 245 Å². The van der Waals surface area contributed by atoms with E-state index < -0.39 is 6.10 Å². The second-order valence-corrected chi connectivity index (χ2v) is 16.3. The summed E-state index contributed by atoms with van der Waals surface area (Å²) in [5, 5.41) is 0. The van der Waals surface area contributed by atoms with E-state index in [1.54, 1.807) is 0 Å². The molecule has 0 fully saturated rings. The van der Waals surface area contributed by atoms with Crippen LogP contribution in [0.25, 0.3) is 0 Å². The van der Waals surface area contributed by atoms with E-state index in [0.29, 0.717) is 19.3 Å². The summed E-state index contributed by atoms with van der Waals surface area (Å²) in [4.78, 5) is 37.8. The van der Waals surface area contributed by atoms with E-state index in [-0.39, 0.29) is 31.1 Å². The molecule has 0 saturated heterocycles. The van der Waals surface area contributed by atoms with Crippen molar-refractivity contribution in [3.63, 3.8) is 0 Å². The summed E-state index contributed by atoms with van der Waals surface area (Å²) in [5.41, 5.74) is 0. The van der Waals surface area contributed by atoms with Crippen LogP contribution in [0.15, 0.2) is 60.8 Å². The average molecular weight is 825 g/mol. The Balaban J connectivity index is 4.32. The van der Waals surface area contributed by atoms with Crippen LogP contribution in [0.2, 0.25) is 0 Å². The molecule has 6 nitrogen and oxygen atoms in total. The van der Waals surface area contributed by atoms with Gasteiger partial charge in [0.05, 0.1) is 0 Å². The third-order valence-corrected chi connectivity index (χ3v) is 10.5. The number of carbonyl (C=O) groups excluding carboxylic acids is 3. The van der Waals surface area contributed by atoms with Crippen LogP contribution >= 0.6 is 0 Å². The Morgan fingerprint density at radius 2 is 0.678 bits per heavy atom. The summed E-state index contributed by atoms with van der Waals surface area (Å²) in [6, 6.07) is 0. The molecule has 340 valence electrons. The van der Waals surface area contributed by atoms with Crippen molar-refractivity contribution in [1.29, 1.82) is 0 Å². The number of ether oxygens (including phenoxy) is 3. The van der Waals surface area contributed by atoms with E-state index in [1.807, 2.05) is 0 Å². The first-order valence-electron chi connectivity index (χ1n) is 24.8. The summed E-state index contributed by atoms with van der Waals surface area (Å²) >= 11 is 0. The predicted octanol–water partition coefficient (Wildman–Crippen LogP) is 16.1. The van der Waals surface area contributed by atoms with Crippen molar-refractivity contribution in [1.82, 2.24) is 0 Å². The molecule has 0 N–H and O–H groups in total. The molecule has 1 unspecified atom stereocenters. The van der Waals surface area contributed by atoms with Crippen molar-refractivity contribution in [3.8, 4) is 0 Å². The van der Waals surface area contributed by atoms with Crippen LogP contribution in [-0.2, 0) is 28.6 Å². The van der Waals surface area contributed by atoms with Crippen molar-refractivity contribution in [2.75, 3.05) is 13.2 Å². The van der Waals surface area contributed by atoms with E-state index in [2.05, 4.69) is 81.5 Å². The summed E-state index contributed by atoms with van der Waals surface area (Å²) in [7, 11) is 0. The summed E-state index contributed by atoms with van der Waals surface area (Å²) in [6.45, 7) is 6.44. The van der Waals surface area contributed by atoms with Gasteiger partial charge in [-0.3, -0.25) is 14.4 Å². The molecule has 0 radical (unpaired) electrons. The molecule has 0 amide bonds. The van der Waals surface area contributed by atoms with E-state index in [1.165, 1.54) is 89.9 Å². The maximum absolute atomic E-state index is 12.7. The van der Waals surface area contributed by atoms with E-state index >= 15 is 0 Å². The quantitative estimate of drug-likeness (QED) is 0.0263. The van der Waals surface area contributed by atoms with Crippen molar-refractivity contribution in [3.05, 3.63) is 60.8 Å². The number of rotatable bonds is 44. The molecule has 0 aliphatic heterocycles. The number of hydrogen-bond acceptors (Lipinski definition) is 6. The first-order valence-corrected chi connectivity index (χ1v) is 24.8. The standard InChI is InChI=1S/C53H92O6/c1-4-7-10-13-16-19-22-24-25-26-27-28-29-30-32-34-37-40-43-46-52(55)58-49-50(48-57-51(54)45-42-39-36-33-21-18-15-12-9-6-3)59-53(56)47-44-41-38-35-31-23-20-17-14-11-8-5-2/h7,10,15-20,24-25,50H,4-6,8-9,11-14,21-23,26-49H2,1-3H3/b10-7-,18-15-,19-16-,20-17-,25-24-. The van der Waals surface area contributed by atoms with Gasteiger partial charge in [-0.1, -0.05) is 184 Å². The molecule has 0 aromatic rings. The molecule has 0 saturated carbocycles. The van der Waals surface area contributed by atoms with E-state index in [0.717, 1.165) is 109 Å². The lowest BCUT2D eigenvalue weighted by Gasteiger charge is -2.18. The highest BCUT2D eigenvalue weighted by molar-refractivity contribution is 5.71. The minimum atomic E-state index is -0.782. The number of carbonyl (C=O) groups is 3. The van der Waals surface area contributed by atoms with Crippen LogP contribution in [-0.4, -0.2) is 37.2 Å². The number of allylic oxidation sites excluding steroid dienone is 10. The SMILES string of the molecule is CC/C=C\C/C=C\C/C=C\CCCCCCCCCCCC(=O)OCC(COC(=O)CCCCCC/C=C\CCCC)OC(=O)CCCCCCC/C=C\CCCCC. The van der Waals surface area contributed by atoms with Crippen molar-refractivity contribution < 1.29 is 28.6 Å². The summed E-state index contributed by atoms with van der Waals surface area (Å²) in [5.74, 6) is -0.912. The fraction of sp³-hybridized carbons (Fsp3) is 0.755. The van der Waals surface area contributed by atoms with Gasteiger partial charge in [0.1, 0.15) is 13.2 Å². The topological polar surface area (TPSA) is 78.9 Å². The second kappa shape index (κ2) is 47.8. The molecular formula is C53H92O6. The first-order chi connectivity index (χ1) is 29.0.